The summed E-state index contributed by atoms with van der Waals surface area (Å²) in [7, 11) is 1.55. The van der Waals surface area contributed by atoms with E-state index >= 15 is 0 Å². The standard InChI is InChI=1S/C18H19NO4/c1-22-16-9-5-8-15(12-16)19-17(20)13-23-18(21)11-10-14-6-3-2-4-7-14/h2-9,12H,10-11,13H2,1H3,(H,19,20). The summed E-state index contributed by atoms with van der Waals surface area (Å²) in [5.41, 5.74) is 1.65. The van der Waals surface area contributed by atoms with Crippen LogP contribution in [0.3, 0.4) is 0 Å². The van der Waals surface area contributed by atoms with Gasteiger partial charge in [0.05, 0.1) is 7.11 Å². The van der Waals surface area contributed by atoms with Gasteiger partial charge < -0.3 is 14.8 Å². The molecule has 0 saturated heterocycles. The van der Waals surface area contributed by atoms with Crippen molar-refractivity contribution in [3.8, 4) is 5.75 Å². The van der Waals surface area contributed by atoms with Crippen molar-refractivity contribution in [3.05, 3.63) is 60.2 Å². The predicted molar refractivity (Wildman–Crippen MR) is 87.3 cm³/mol. The number of ether oxygens (including phenoxy) is 2. The van der Waals surface area contributed by atoms with E-state index in [2.05, 4.69) is 5.32 Å². The van der Waals surface area contributed by atoms with E-state index in [0.717, 1.165) is 5.56 Å². The minimum absolute atomic E-state index is 0.246. The zero-order valence-electron chi connectivity index (χ0n) is 13.0. The molecule has 0 aliphatic rings. The van der Waals surface area contributed by atoms with Crippen LogP contribution < -0.4 is 10.1 Å². The van der Waals surface area contributed by atoms with Crippen LogP contribution in [-0.4, -0.2) is 25.6 Å². The van der Waals surface area contributed by atoms with Crippen molar-refractivity contribution in [3.63, 3.8) is 0 Å². The predicted octanol–water partition coefficient (Wildman–Crippen LogP) is 2.81. The highest BCUT2D eigenvalue weighted by atomic mass is 16.5. The first-order valence-electron chi connectivity index (χ1n) is 7.31. The average Bonchev–Trinajstić information content (AvgIpc) is 2.59. The fourth-order valence-electron chi connectivity index (χ4n) is 2.01. The highest BCUT2D eigenvalue weighted by Crippen LogP contribution is 2.16. The van der Waals surface area contributed by atoms with Gasteiger partial charge in [0, 0.05) is 18.2 Å². The van der Waals surface area contributed by atoms with E-state index in [9.17, 15) is 9.59 Å². The van der Waals surface area contributed by atoms with Gasteiger partial charge in [-0.1, -0.05) is 36.4 Å². The lowest BCUT2D eigenvalue weighted by molar-refractivity contribution is -0.147. The molecule has 1 amide bonds. The molecule has 5 nitrogen and oxygen atoms in total. The molecule has 0 saturated carbocycles. The molecule has 2 rings (SSSR count). The van der Waals surface area contributed by atoms with Gasteiger partial charge in [0.2, 0.25) is 0 Å². The molecule has 0 atom stereocenters. The van der Waals surface area contributed by atoms with Crippen LogP contribution in [0.4, 0.5) is 5.69 Å². The van der Waals surface area contributed by atoms with Gasteiger partial charge in [-0.25, -0.2) is 0 Å². The van der Waals surface area contributed by atoms with E-state index in [1.807, 2.05) is 30.3 Å². The van der Waals surface area contributed by atoms with Crippen LogP contribution in [-0.2, 0) is 20.7 Å². The van der Waals surface area contributed by atoms with Gasteiger partial charge in [0.25, 0.3) is 5.91 Å². The fourth-order valence-corrected chi connectivity index (χ4v) is 2.01. The lowest BCUT2D eigenvalue weighted by Gasteiger charge is -2.08. The molecule has 0 aliphatic heterocycles. The molecule has 0 aliphatic carbocycles. The lowest BCUT2D eigenvalue weighted by atomic mass is 10.1. The molecular weight excluding hydrogens is 294 g/mol. The normalized spacial score (nSPS) is 9.96. The van der Waals surface area contributed by atoms with Crippen molar-refractivity contribution in [1.82, 2.24) is 0 Å². The van der Waals surface area contributed by atoms with Crippen molar-refractivity contribution in [1.29, 1.82) is 0 Å². The molecule has 120 valence electrons. The van der Waals surface area contributed by atoms with E-state index in [0.29, 0.717) is 17.9 Å². The number of methoxy groups -OCH3 is 1. The molecule has 23 heavy (non-hydrogen) atoms. The highest BCUT2D eigenvalue weighted by molar-refractivity contribution is 5.92. The van der Waals surface area contributed by atoms with Crippen LogP contribution in [0.1, 0.15) is 12.0 Å². The molecule has 0 unspecified atom stereocenters. The zero-order valence-corrected chi connectivity index (χ0v) is 13.0. The van der Waals surface area contributed by atoms with Crippen LogP contribution in [0.15, 0.2) is 54.6 Å². The van der Waals surface area contributed by atoms with Crippen LogP contribution in [0, 0.1) is 0 Å². The molecule has 0 spiro atoms. The molecular formula is C18H19NO4. The first-order valence-corrected chi connectivity index (χ1v) is 7.31. The third-order valence-electron chi connectivity index (χ3n) is 3.18. The Hall–Kier alpha value is -2.82. The van der Waals surface area contributed by atoms with Gasteiger partial charge in [0.15, 0.2) is 6.61 Å². The summed E-state index contributed by atoms with van der Waals surface area (Å²) in [4.78, 5) is 23.4. The van der Waals surface area contributed by atoms with E-state index in [1.54, 1.807) is 31.4 Å². The molecule has 0 radical (unpaired) electrons. The Morgan fingerprint density at radius 1 is 1.04 bits per heavy atom. The summed E-state index contributed by atoms with van der Waals surface area (Å²) in [5.74, 6) is -0.136. The number of anilines is 1. The smallest absolute Gasteiger partial charge is 0.306 e. The van der Waals surface area contributed by atoms with Gasteiger partial charge in [0.1, 0.15) is 5.75 Å². The number of hydrogen-bond acceptors (Lipinski definition) is 4. The van der Waals surface area contributed by atoms with Crippen molar-refractivity contribution in [2.45, 2.75) is 12.8 Å². The molecule has 0 aromatic heterocycles. The van der Waals surface area contributed by atoms with E-state index in [4.69, 9.17) is 9.47 Å². The van der Waals surface area contributed by atoms with Crippen LogP contribution in [0.25, 0.3) is 0 Å². The van der Waals surface area contributed by atoms with E-state index in [-0.39, 0.29) is 18.9 Å². The van der Waals surface area contributed by atoms with Gasteiger partial charge in [-0.15, -0.1) is 0 Å². The average molecular weight is 313 g/mol. The SMILES string of the molecule is COc1cccc(NC(=O)COC(=O)CCc2ccccc2)c1. The van der Waals surface area contributed by atoms with Crippen molar-refractivity contribution in [2.24, 2.45) is 0 Å². The molecule has 1 N–H and O–H groups in total. The Kier molecular flexibility index (Phi) is 6.17. The molecule has 2 aromatic carbocycles. The third kappa shape index (κ3) is 5.82. The van der Waals surface area contributed by atoms with E-state index < -0.39 is 5.97 Å². The Morgan fingerprint density at radius 3 is 2.57 bits per heavy atom. The summed E-state index contributed by atoms with van der Waals surface area (Å²) >= 11 is 0. The van der Waals surface area contributed by atoms with E-state index in [1.165, 1.54) is 0 Å². The molecule has 0 fully saturated rings. The number of nitrogens with one attached hydrogen (secondary N) is 1. The van der Waals surface area contributed by atoms with Gasteiger partial charge in [-0.2, -0.15) is 0 Å². The molecule has 0 heterocycles. The Labute approximate surface area is 135 Å². The second kappa shape index (κ2) is 8.58. The number of rotatable bonds is 7. The Morgan fingerprint density at radius 2 is 1.83 bits per heavy atom. The van der Waals surface area contributed by atoms with Crippen molar-refractivity contribution >= 4 is 17.6 Å². The summed E-state index contributed by atoms with van der Waals surface area (Å²) in [5, 5.41) is 2.65. The van der Waals surface area contributed by atoms with Crippen LogP contribution in [0.5, 0.6) is 5.75 Å². The topological polar surface area (TPSA) is 64.6 Å². The minimum atomic E-state index is -0.394. The summed E-state index contributed by atoms with van der Waals surface area (Å²) in [6, 6.07) is 16.6. The second-order valence-corrected chi connectivity index (χ2v) is 4.93. The number of carbonyl (C=O) groups excluding carboxylic acids is 2. The van der Waals surface area contributed by atoms with Gasteiger partial charge in [-0.05, 0) is 24.1 Å². The Balaban J connectivity index is 1.72. The van der Waals surface area contributed by atoms with Crippen molar-refractivity contribution in [2.75, 3.05) is 19.0 Å². The number of esters is 1. The number of amides is 1. The number of hydrogen-bond donors (Lipinski definition) is 1. The van der Waals surface area contributed by atoms with Crippen LogP contribution >= 0.6 is 0 Å². The molecule has 2 aromatic rings. The lowest BCUT2D eigenvalue weighted by Crippen LogP contribution is -2.21. The molecule has 5 heteroatoms. The fraction of sp³-hybridized carbons (Fsp3) is 0.222. The second-order valence-electron chi connectivity index (χ2n) is 4.93. The van der Waals surface area contributed by atoms with Gasteiger partial charge in [-0.3, -0.25) is 9.59 Å². The largest absolute Gasteiger partial charge is 0.497 e. The summed E-state index contributed by atoms with van der Waals surface area (Å²) < 4.78 is 10.0. The maximum Gasteiger partial charge on any atom is 0.306 e. The Bertz CT molecular complexity index is 655. The number of aryl methyl sites for hydroxylation is 1. The third-order valence-corrected chi connectivity index (χ3v) is 3.18. The number of carbonyl (C=O) groups is 2. The first kappa shape index (κ1) is 16.5. The monoisotopic (exact) mass is 313 g/mol. The summed E-state index contributed by atoms with van der Waals surface area (Å²) in [6.07, 6.45) is 0.841. The molecule has 0 bridgehead atoms. The minimum Gasteiger partial charge on any atom is -0.497 e. The quantitative estimate of drug-likeness (QED) is 0.798. The van der Waals surface area contributed by atoms with Gasteiger partial charge >= 0.3 is 5.97 Å². The zero-order chi connectivity index (χ0) is 16.5. The highest BCUT2D eigenvalue weighted by Gasteiger charge is 2.08. The van der Waals surface area contributed by atoms with Crippen LogP contribution in [0.2, 0.25) is 0 Å². The van der Waals surface area contributed by atoms with Crippen molar-refractivity contribution < 1.29 is 19.1 Å². The number of benzene rings is 2. The first-order chi connectivity index (χ1) is 11.2. The maximum absolute atomic E-state index is 11.8. The summed E-state index contributed by atoms with van der Waals surface area (Å²) in [6.45, 7) is -0.301. The maximum atomic E-state index is 11.8.